The molecule has 0 amide bonds. The Kier molecular flexibility index (Phi) is 6.32. The first kappa shape index (κ1) is 25.1. The number of hydrogen-bond donors (Lipinski definition) is 0. The van der Waals surface area contributed by atoms with Crippen LogP contribution in [-0.4, -0.2) is 0 Å². The van der Waals surface area contributed by atoms with Gasteiger partial charge in [-0.15, -0.1) is 0 Å². The van der Waals surface area contributed by atoms with Crippen molar-refractivity contribution in [3.8, 4) is 0 Å². The first-order valence-electron chi connectivity index (χ1n) is 16.0. The molecule has 6 aliphatic rings. The molecule has 0 nitrogen and oxygen atoms in total. The molecule has 0 heterocycles. The van der Waals surface area contributed by atoms with Gasteiger partial charge in [0.15, 0.2) is 0 Å². The second kappa shape index (κ2) is 10.3. The molecule has 0 bridgehead atoms. The van der Waals surface area contributed by atoms with Gasteiger partial charge in [-0.25, -0.2) is 0 Å². The van der Waals surface area contributed by atoms with Gasteiger partial charge in [-0.3, -0.25) is 0 Å². The smallest absolute Gasteiger partial charge is 0.00561 e. The molecule has 3 atom stereocenters. The van der Waals surface area contributed by atoms with Crippen LogP contribution in [0.5, 0.6) is 0 Å². The zero-order chi connectivity index (χ0) is 27.3. The van der Waals surface area contributed by atoms with Crippen LogP contribution in [0.25, 0.3) is 34.1 Å². The molecule has 8 rings (SSSR count). The van der Waals surface area contributed by atoms with E-state index in [1.54, 1.807) is 5.57 Å². The summed E-state index contributed by atoms with van der Waals surface area (Å²) in [6.07, 6.45) is 42.0. The Hall–Kier alpha value is -3.64. The summed E-state index contributed by atoms with van der Waals surface area (Å²) in [5.74, 6) is 1.80. The first-order chi connectivity index (χ1) is 20.2. The Morgan fingerprint density at radius 2 is 1.59 bits per heavy atom. The van der Waals surface area contributed by atoms with Crippen LogP contribution in [0.4, 0.5) is 0 Å². The molecular formula is C41H40. The highest BCUT2D eigenvalue weighted by atomic mass is 14.3. The molecule has 0 aliphatic heterocycles. The van der Waals surface area contributed by atoms with Crippen LogP contribution in [-0.2, 0) is 0 Å². The van der Waals surface area contributed by atoms with Crippen molar-refractivity contribution < 1.29 is 0 Å². The van der Waals surface area contributed by atoms with Crippen LogP contribution >= 0.6 is 0 Å². The minimum Gasteiger partial charge on any atom is -0.0842 e. The van der Waals surface area contributed by atoms with Crippen LogP contribution in [0.3, 0.4) is 0 Å². The van der Waals surface area contributed by atoms with Crippen LogP contribution in [0, 0.1) is 11.8 Å². The van der Waals surface area contributed by atoms with E-state index in [2.05, 4.69) is 104 Å². The lowest BCUT2D eigenvalue weighted by Crippen LogP contribution is -2.35. The quantitative estimate of drug-likeness (QED) is 0.369. The van der Waals surface area contributed by atoms with Crippen molar-refractivity contribution in [2.45, 2.75) is 70.6 Å². The van der Waals surface area contributed by atoms with Crippen molar-refractivity contribution in [2.24, 2.45) is 11.8 Å². The largest absolute Gasteiger partial charge is 0.0842 e. The predicted molar refractivity (Wildman–Crippen MR) is 177 cm³/mol. The Balaban J connectivity index is 1.39. The van der Waals surface area contributed by atoms with Crippen molar-refractivity contribution in [1.82, 2.24) is 0 Å². The lowest BCUT2D eigenvalue weighted by Gasteiger charge is -2.30. The molecule has 3 unspecified atom stereocenters. The highest BCUT2D eigenvalue weighted by Gasteiger charge is 2.27. The third kappa shape index (κ3) is 4.44. The minimum atomic E-state index is 0.454. The van der Waals surface area contributed by atoms with Gasteiger partial charge < -0.3 is 0 Å². The lowest BCUT2D eigenvalue weighted by atomic mass is 9.75. The van der Waals surface area contributed by atoms with E-state index in [4.69, 9.17) is 0 Å². The zero-order valence-corrected chi connectivity index (χ0v) is 24.3. The van der Waals surface area contributed by atoms with Gasteiger partial charge in [-0.2, -0.15) is 0 Å². The summed E-state index contributed by atoms with van der Waals surface area (Å²) in [6, 6.07) is 7.50. The molecule has 0 aromatic heterocycles. The van der Waals surface area contributed by atoms with E-state index in [1.807, 2.05) is 0 Å². The minimum absolute atomic E-state index is 0.454. The van der Waals surface area contributed by atoms with Gasteiger partial charge in [-0.05, 0) is 143 Å². The molecule has 2 aromatic carbocycles. The SMILES string of the molecule is CC1=CCC(c2ccc3c(C4=CC=C5C=CCCC5C4)c4c(c(C5=CC6=CC=CCC6CC5)c3c2)=CCCC=4)C=C1. The van der Waals surface area contributed by atoms with Gasteiger partial charge in [0.2, 0.25) is 0 Å². The summed E-state index contributed by atoms with van der Waals surface area (Å²) in [4.78, 5) is 0. The maximum atomic E-state index is 2.58. The fourth-order valence-corrected chi connectivity index (χ4v) is 8.21. The van der Waals surface area contributed by atoms with E-state index >= 15 is 0 Å². The highest BCUT2D eigenvalue weighted by molar-refractivity contribution is 6.02. The van der Waals surface area contributed by atoms with Crippen LogP contribution < -0.4 is 10.4 Å². The molecule has 0 heteroatoms. The maximum Gasteiger partial charge on any atom is 0.00561 e. The van der Waals surface area contributed by atoms with Crippen LogP contribution in [0.2, 0.25) is 0 Å². The van der Waals surface area contributed by atoms with Gasteiger partial charge in [0.25, 0.3) is 0 Å². The third-order valence-electron chi connectivity index (χ3n) is 10.5. The molecule has 0 N–H and O–H groups in total. The van der Waals surface area contributed by atoms with Crippen molar-refractivity contribution in [2.75, 3.05) is 0 Å². The standard InChI is InChI=1S/C41H40/c1-27-14-16-30(17-15-27)33-22-23-38-39(26-33)41(35-21-19-29-9-3-5-11-32(29)25-35)37-13-7-6-12-36(37)40(38)34-20-18-28-8-2-4-10-31(28)24-34/h2-3,5,8,11-16,18,20,22-23,25-26,29-31H,4,6-7,9-10,17,19,21,24H2,1H3. The van der Waals surface area contributed by atoms with Crippen LogP contribution in [0.1, 0.15) is 87.3 Å². The normalized spacial score (nSPS) is 26.4. The summed E-state index contributed by atoms with van der Waals surface area (Å²) < 4.78 is 0. The van der Waals surface area contributed by atoms with E-state index in [0.717, 1.165) is 25.7 Å². The second-order valence-corrected chi connectivity index (χ2v) is 13.0. The molecule has 0 spiro atoms. The number of rotatable bonds is 3. The maximum absolute atomic E-state index is 2.58. The Labute approximate surface area is 244 Å². The molecule has 2 aromatic rings. The van der Waals surface area contributed by atoms with E-state index < -0.39 is 0 Å². The average molecular weight is 533 g/mol. The molecular weight excluding hydrogens is 492 g/mol. The Morgan fingerprint density at radius 3 is 2.44 bits per heavy atom. The van der Waals surface area contributed by atoms with Gasteiger partial charge in [-0.1, -0.05) is 96.7 Å². The van der Waals surface area contributed by atoms with Crippen molar-refractivity contribution >= 4 is 34.1 Å². The second-order valence-electron chi connectivity index (χ2n) is 13.0. The first-order valence-corrected chi connectivity index (χ1v) is 16.0. The zero-order valence-electron chi connectivity index (χ0n) is 24.3. The molecule has 204 valence electrons. The van der Waals surface area contributed by atoms with E-state index in [0.29, 0.717) is 17.8 Å². The van der Waals surface area contributed by atoms with Gasteiger partial charge in [0.1, 0.15) is 0 Å². The molecule has 0 fully saturated rings. The summed E-state index contributed by atoms with van der Waals surface area (Å²) in [7, 11) is 0. The summed E-state index contributed by atoms with van der Waals surface area (Å²) in [5.41, 5.74) is 12.0. The number of allylic oxidation sites excluding steroid dienone is 16. The summed E-state index contributed by atoms with van der Waals surface area (Å²) >= 11 is 0. The average Bonchev–Trinajstić information content (AvgIpc) is 3.03. The lowest BCUT2D eigenvalue weighted by molar-refractivity contribution is 0.572. The predicted octanol–water partition coefficient (Wildman–Crippen LogP) is 9.54. The van der Waals surface area contributed by atoms with Crippen LogP contribution in [0.15, 0.2) is 102 Å². The van der Waals surface area contributed by atoms with Crippen molar-refractivity contribution in [3.05, 3.63) is 129 Å². The molecule has 0 saturated carbocycles. The van der Waals surface area contributed by atoms with Gasteiger partial charge in [0.05, 0.1) is 0 Å². The topological polar surface area (TPSA) is 0 Å². The van der Waals surface area contributed by atoms with E-state index in [-0.39, 0.29) is 0 Å². The Bertz CT molecular complexity index is 1820. The third-order valence-corrected chi connectivity index (χ3v) is 10.5. The van der Waals surface area contributed by atoms with Crippen molar-refractivity contribution in [1.29, 1.82) is 0 Å². The molecule has 0 radical (unpaired) electrons. The van der Waals surface area contributed by atoms with Crippen molar-refractivity contribution in [3.63, 3.8) is 0 Å². The number of benzene rings is 2. The monoisotopic (exact) mass is 532 g/mol. The highest BCUT2D eigenvalue weighted by Crippen LogP contribution is 2.42. The van der Waals surface area contributed by atoms with Gasteiger partial charge in [0, 0.05) is 5.92 Å². The molecule has 41 heavy (non-hydrogen) atoms. The fraction of sp³-hybridized carbons (Fsp3) is 0.317. The summed E-state index contributed by atoms with van der Waals surface area (Å²) in [5, 5.41) is 5.92. The number of hydrogen-bond acceptors (Lipinski definition) is 0. The molecule has 6 aliphatic carbocycles. The number of fused-ring (bicyclic) bond motifs is 4. The van der Waals surface area contributed by atoms with E-state index in [1.165, 1.54) is 92.3 Å². The fourth-order valence-electron chi connectivity index (χ4n) is 8.21. The molecule has 0 saturated heterocycles. The van der Waals surface area contributed by atoms with E-state index in [9.17, 15) is 0 Å². The summed E-state index contributed by atoms with van der Waals surface area (Å²) in [6.45, 7) is 2.22. The van der Waals surface area contributed by atoms with Gasteiger partial charge >= 0.3 is 0 Å². The Morgan fingerprint density at radius 1 is 0.707 bits per heavy atom.